The number of rotatable bonds is 4. The summed E-state index contributed by atoms with van der Waals surface area (Å²) in [5.41, 5.74) is 3.00. The summed E-state index contributed by atoms with van der Waals surface area (Å²) in [4.78, 5) is 28.4. The van der Waals surface area contributed by atoms with E-state index in [1.807, 2.05) is 48.5 Å². The molecule has 0 spiro atoms. The molecule has 2 aliphatic rings. The van der Waals surface area contributed by atoms with E-state index in [0.717, 1.165) is 22.4 Å². The Kier molecular flexibility index (Phi) is 5.25. The standard InChI is InChI=1S/C23H24N2O4/c1-16(26)25-10-9-18-5-3-4-6-19(18)20(25)14-23(27)24(2)15-17-7-8-21-22(13-17)29-12-11-28-21/h3-10,13,20H,11-12,14-15H2,1-2H3. The molecule has 1 unspecified atom stereocenters. The summed E-state index contributed by atoms with van der Waals surface area (Å²) in [5.74, 6) is 1.34. The Morgan fingerprint density at radius 1 is 1.10 bits per heavy atom. The summed E-state index contributed by atoms with van der Waals surface area (Å²) >= 11 is 0. The predicted octanol–water partition coefficient (Wildman–Crippen LogP) is 3.38. The Hall–Kier alpha value is -3.28. The van der Waals surface area contributed by atoms with Gasteiger partial charge < -0.3 is 19.3 Å². The van der Waals surface area contributed by atoms with Crippen molar-refractivity contribution in [2.75, 3.05) is 20.3 Å². The maximum Gasteiger partial charge on any atom is 0.225 e. The molecule has 4 rings (SSSR count). The molecule has 2 amide bonds. The zero-order valence-electron chi connectivity index (χ0n) is 16.6. The summed E-state index contributed by atoms with van der Waals surface area (Å²) in [6.07, 6.45) is 3.90. The first kappa shape index (κ1) is 19.1. The minimum Gasteiger partial charge on any atom is -0.486 e. The quantitative estimate of drug-likeness (QED) is 0.800. The fourth-order valence-electron chi connectivity index (χ4n) is 3.78. The highest BCUT2D eigenvalue weighted by atomic mass is 16.6. The van der Waals surface area contributed by atoms with Gasteiger partial charge in [-0.05, 0) is 34.9 Å². The number of amides is 2. The average Bonchev–Trinajstić information content (AvgIpc) is 2.73. The Labute approximate surface area is 170 Å². The number of hydrogen-bond acceptors (Lipinski definition) is 4. The van der Waals surface area contributed by atoms with Crippen molar-refractivity contribution in [1.82, 2.24) is 9.80 Å². The molecule has 29 heavy (non-hydrogen) atoms. The molecule has 6 heteroatoms. The highest BCUT2D eigenvalue weighted by Gasteiger charge is 2.29. The van der Waals surface area contributed by atoms with Gasteiger partial charge in [0.15, 0.2) is 11.5 Å². The van der Waals surface area contributed by atoms with E-state index in [1.165, 1.54) is 6.92 Å². The van der Waals surface area contributed by atoms with Gasteiger partial charge in [0.1, 0.15) is 13.2 Å². The fourth-order valence-corrected chi connectivity index (χ4v) is 3.78. The molecular weight excluding hydrogens is 368 g/mol. The summed E-state index contributed by atoms with van der Waals surface area (Å²) in [6, 6.07) is 13.3. The van der Waals surface area contributed by atoms with Crippen LogP contribution in [0.5, 0.6) is 11.5 Å². The van der Waals surface area contributed by atoms with E-state index in [4.69, 9.17) is 9.47 Å². The molecule has 0 saturated heterocycles. The molecule has 0 radical (unpaired) electrons. The van der Waals surface area contributed by atoms with E-state index in [-0.39, 0.29) is 24.3 Å². The highest BCUT2D eigenvalue weighted by molar-refractivity contribution is 5.81. The third-order valence-electron chi connectivity index (χ3n) is 5.29. The number of benzene rings is 2. The maximum atomic E-state index is 13.0. The average molecular weight is 392 g/mol. The molecular formula is C23H24N2O4. The number of nitrogens with zero attached hydrogens (tertiary/aromatic N) is 2. The second kappa shape index (κ2) is 7.99. The van der Waals surface area contributed by atoms with Crippen LogP contribution < -0.4 is 9.47 Å². The third-order valence-corrected chi connectivity index (χ3v) is 5.29. The maximum absolute atomic E-state index is 13.0. The first-order chi connectivity index (χ1) is 14.0. The summed E-state index contributed by atoms with van der Waals surface area (Å²) in [6.45, 7) is 3.06. The van der Waals surface area contributed by atoms with Crippen molar-refractivity contribution < 1.29 is 19.1 Å². The van der Waals surface area contributed by atoms with Gasteiger partial charge >= 0.3 is 0 Å². The van der Waals surface area contributed by atoms with Crippen LogP contribution in [0.4, 0.5) is 0 Å². The molecule has 2 aliphatic heterocycles. The molecule has 1 atom stereocenters. The van der Waals surface area contributed by atoms with E-state index >= 15 is 0 Å². The van der Waals surface area contributed by atoms with Crippen LogP contribution >= 0.6 is 0 Å². The first-order valence-corrected chi connectivity index (χ1v) is 9.71. The summed E-state index contributed by atoms with van der Waals surface area (Å²) < 4.78 is 11.2. The summed E-state index contributed by atoms with van der Waals surface area (Å²) in [5, 5.41) is 0. The van der Waals surface area contributed by atoms with Gasteiger partial charge in [-0.1, -0.05) is 30.3 Å². The number of hydrogen-bond donors (Lipinski definition) is 0. The molecule has 0 bridgehead atoms. The lowest BCUT2D eigenvalue weighted by atomic mass is 9.93. The van der Waals surface area contributed by atoms with Gasteiger partial charge in [-0.3, -0.25) is 9.59 Å². The van der Waals surface area contributed by atoms with Gasteiger partial charge in [-0.15, -0.1) is 0 Å². The van der Waals surface area contributed by atoms with Crippen molar-refractivity contribution in [2.24, 2.45) is 0 Å². The molecule has 2 aromatic rings. The smallest absolute Gasteiger partial charge is 0.225 e. The minimum absolute atomic E-state index is 0.0266. The Morgan fingerprint density at radius 3 is 2.66 bits per heavy atom. The second-order valence-electron chi connectivity index (χ2n) is 7.32. The van der Waals surface area contributed by atoms with Crippen LogP contribution in [0.25, 0.3) is 6.08 Å². The Balaban J connectivity index is 1.49. The number of carbonyl (C=O) groups excluding carboxylic acids is 2. The lowest BCUT2D eigenvalue weighted by Crippen LogP contribution is -2.35. The topological polar surface area (TPSA) is 59.1 Å². The van der Waals surface area contributed by atoms with E-state index in [1.54, 1.807) is 23.0 Å². The molecule has 2 heterocycles. The zero-order valence-corrected chi connectivity index (χ0v) is 16.6. The van der Waals surface area contributed by atoms with Crippen LogP contribution in [0.3, 0.4) is 0 Å². The van der Waals surface area contributed by atoms with Crippen molar-refractivity contribution in [3.63, 3.8) is 0 Å². The molecule has 0 aromatic heterocycles. The van der Waals surface area contributed by atoms with Crippen molar-refractivity contribution >= 4 is 17.9 Å². The van der Waals surface area contributed by atoms with Crippen LogP contribution in [0.1, 0.15) is 36.1 Å². The highest BCUT2D eigenvalue weighted by Crippen LogP contribution is 2.34. The first-order valence-electron chi connectivity index (χ1n) is 9.71. The van der Waals surface area contributed by atoms with Crippen molar-refractivity contribution in [3.05, 3.63) is 65.4 Å². The molecule has 0 fully saturated rings. The van der Waals surface area contributed by atoms with Crippen LogP contribution in [-0.2, 0) is 16.1 Å². The lowest BCUT2D eigenvalue weighted by molar-refractivity contribution is -0.134. The number of fused-ring (bicyclic) bond motifs is 2. The fraction of sp³-hybridized carbons (Fsp3) is 0.304. The summed E-state index contributed by atoms with van der Waals surface area (Å²) in [7, 11) is 1.78. The molecule has 6 nitrogen and oxygen atoms in total. The molecule has 2 aromatic carbocycles. The zero-order chi connectivity index (χ0) is 20.4. The van der Waals surface area contributed by atoms with Crippen molar-refractivity contribution in [2.45, 2.75) is 25.9 Å². The van der Waals surface area contributed by atoms with Crippen LogP contribution in [0, 0.1) is 0 Å². The predicted molar refractivity (Wildman–Crippen MR) is 109 cm³/mol. The largest absolute Gasteiger partial charge is 0.486 e. The lowest BCUT2D eigenvalue weighted by Gasteiger charge is -2.33. The van der Waals surface area contributed by atoms with Gasteiger partial charge in [0, 0.05) is 26.7 Å². The van der Waals surface area contributed by atoms with E-state index in [2.05, 4.69) is 0 Å². The molecule has 0 saturated carbocycles. The Morgan fingerprint density at radius 2 is 1.86 bits per heavy atom. The van der Waals surface area contributed by atoms with Crippen molar-refractivity contribution in [3.8, 4) is 11.5 Å². The Bertz CT molecular complexity index is 969. The third kappa shape index (κ3) is 3.97. The SMILES string of the molecule is CC(=O)N1C=Cc2ccccc2C1CC(=O)N(C)Cc1ccc2c(c1)OCCO2. The monoisotopic (exact) mass is 392 g/mol. The van der Waals surface area contributed by atoms with Crippen LogP contribution in [0.15, 0.2) is 48.7 Å². The van der Waals surface area contributed by atoms with Crippen molar-refractivity contribution in [1.29, 1.82) is 0 Å². The van der Waals surface area contributed by atoms with E-state index in [0.29, 0.717) is 25.5 Å². The van der Waals surface area contributed by atoms with Crippen LogP contribution in [0.2, 0.25) is 0 Å². The molecule has 0 aliphatic carbocycles. The number of ether oxygens (including phenoxy) is 2. The van der Waals surface area contributed by atoms with Crippen LogP contribution in [-0.4, -0.2) is 41.9 Å². The van der Waals surface area contributed by atoms with E-state index in [9.17, 15) is 9.59 Å². The minimum atomic E-state index is -0.302. The number of carbonyl (C=O) groups is 2. The normalized spacial score (nSPS) is 16.9. The van der Waals surface area contributed by atoms with Gasteiger partial charge in [-0.25, -0.2) is 0 Å². The second-order valence-corrected chi connectivity index (χ2v) is 7.32. The van der Waals surface area contributed by atoms with Gasteiger partial charge in [0.2, 0.25) is 11.8 Å². The van der Waals surface area contributed by atoms with E-state index < -0.39 is 0 Å². The van der Waals surface area contributed by atoms with Gasteiger partial charge in [0.05, 0.1) is 12.5 Å². The molecule has 150 valence electrons. The van der Waals surface area contributed by atoms with Gasteiger partial charge in [0.25, 0.3) is 0 Å². The van der Waals surface area contributed by atoms with Gasteiger partial charge in [-0.2, -0.15) is 0 Å². The molecule has 0 N–H and O–H groups in total.